The highest BCUT2D eigenvalue weighted by atomic mass is 32.2. The maximum atomic E-state index is 13.8. The van der Waals surface area contributed by atoms with E-state index < -0.39 is 41.9 Å². The summed E-state index contributed by atoms with van der Waals surface area (Å²) in [5, 5.41) is 11.9. The molecule has 6 N–H and O–H groups in total. The number of nitrogens with zero attached hydrogens (tertiary/aromatic N) is 1. The van der Waals surface area contributed by atoms with Gasteiger partial charge in [0, 0.05) is 25.3 Å². The number of thioether (sulfide) groups is 1. The maximum Gasteiger partial charge on any atom is 0.245 e. The van der Waals surface area contributed by atoms with E-state index in [0.717, 1.165) is 35.6 Å². The van der Waals surface area contributed by atoms with Crippen LogP contribution in [-0.4, -0.2) is 90.9 Å². The van der Waals surface area contributed by atoms with Gasteiger partial charge in [0.1, 0.15) is 18.1 Å². The highest BCUT2D eigenvalue weighted by Crippen LogP contribution is 2.14. The van der Waals surface area contributed by atoms with Gasteiger partial charge in [0.25, 0.3) is 0 Å². The van der Waals surface area contributed by atoms with Gasteiger partial charge in [0.15, 0.2) is 0 Å². The van der Waals surface area contributed by atoms with Crippen LogP contribution in [0.1, 0.15) is 50.7 Å². The molecule has 0 unspecified atom stereocenters. The molecule has 1 aliphatic rings. The minimum Gasteiger partial charge on any atom is -0.343 e. The van der Waals surface area contributed by atoms with Gasteiger partial charge in [-0.1, -0.05) is 74.5 Å². The van der Waals surface area contributed by atoms with E-state index in [0.29, 0.717) is 38.8 Å². The fourth-order valence-corrected chi connectivity index (χ4v) is 6.36. The molecule has 0 saturated carbocycles. The lowest BCUT2D eigenvalue weighted by Crippen LogP contribution is -2.58. The minimum atomic E-state index is -0.957. The lowest BCUT2D eigenvalue weighted by Gasteiger charge is -2.29. The average Bonchev–Trinajstić information content (AvgIpc) is 3.34. The molecule has 1 aliphatic heterocycles. The SMILES string of the molecule is CNCCC[C@@H](NC(=O)[C@@H](CC(C)C)NC(=O)[C@@H](Cc1ccccc1)NC(=O)[C@H](N)Cc1ccccc1)C(=O)N1CCCSCC1. The number of benzene rings is 2. The second-order valence-corrected chi connectivity index (χ2v) is 13.6. The van der Waals surface area contributed by atoms with Crippen molar-refractivity contribution in [2.75, 3.05) is 38.2 Å². The molecule has 0 aliphatic carbocycles. The molecule has 2 aromatic carbocycles. The number of carbonyl (C=O) groups excluding carboxylic acids is 4. The van der Waals surface area contributed by atoms with Gasteiger partial charge in [-0.3, -0.25) is 19.2 Å². The number of nitrogens with one attached hydrogen (secondary N) is 4. The van der Waals surface area contributed by atoms with Crippen LogP contribution in [0.2, 0.25) is 0 Å². The molecule has 4 amide bonds. The zero-order chi connectivity index (χ0) is 33.3. The van der Waals surface area contributed by atoms with E-state index in [4.69, 9.17) is 5.73 Å². The van der Waals surface area contributed by atoms with Crippen LogP contribution in [0, 0.1) is 5.92 Å². The first-order chi connectivity index (χ1) is 22.2. The maximum absolute atomic E-state index is 13.8. The van der Waals surface area contributed by atoms with Crippen LogP contribution in [0.3, 0.4) is 0 Å². The minimum absolute atomic E-state index is 0.0804. The van der Waals surface area contributed by atoms with Gasteiger partial charge in [-0.15, -0.1) is 0 Å². The summed E-state index contributed by atoms with van der Waals surface area (Å²) in [5.41, 5.74) is 8.04. The quantitative estimate of drug-likeness (QED) is 0.165. The Morgan fingerprint density at radius 1 is 0.783 bits per heavy atom. The Morgan fingerprint density at radius 2 is 1.37 bits per heavy atom. The predicted octanol–water partition coefficient (Wildman–Crippen LogP) is 2.26. The molecule has 252 valence electrons. The lowest BCUT2D eigenvalue weighted by atomic mass is 9.99. The Hall–Kier alpha value is -3.41. The van der Waals surface area contributed by atoms with Crippen molar-refractivity contribution in [1.29, 1.82) is 0 Å². The summed E-state index contributed by atoms with van der Waals surface area (Å²) in [6.07, 6.45) is 3.04. The zero-order valence-corrected chi connectivity index (χ0v) is 28.3. The van der Waals surface area contributed by atoms with Crippen molar-refractivity contribution in [2.45, 2.75) is 76.5 Å². The third kappa shape index (κ3) is 12.8. The van der Waals surface area contributed by atoms with Crippen LogP contribution in [0.15, 0.2) is 60.7 Å². The standard InChI is InChI=1S/C35H52N6O4S/c1-25(2)22-30(33(43)38-29(16-10-17-37-3)35(45)41-18-11-20-46-21-19-41)40-34(44)31(24-27-14-8-5-9-15-27)39-32(42)28(36)23-26-12-6-4-7-13-26/h4-9,12-15,25,28-31,37H,10-11,16-24,36H2,1-3H3,(H,38,43)(H,39,42)(H,40,44)/t28-,29-,30-,31-/m1/s1. The fourth-order valence-electron chi connectivity index (χ4n) is 5.47. The van der Waals surface area contributed by atoms with Gasteiger partial charge in [-0.05, 0) is 68.5 Å². The van der Waals surface area contributed by atoms with Crippen molar-refractivity contribution in [3.8, 4) is 0 Å². The molecule has 0 bridgehead atoms. The second-order valence-electron chi connectivity index (χ2n) is 12.3. The highest BCUT2D eigenvalue weighted by molar-refractivity contribution is 7.99. The fraction of sp³-hybridized carbons (Fsp3) is 0.543. The Bertz CT molecular complexity index is 1220. The monoisotopic (exact) mass is 652 g/mol. The van der Waals surface area contributed by atoms with Crippen LogP contribution < -0.4 is 27.0 Å². The molecular weight excluding hydrogens is 600 g/mol. The number of hydrogen-bond donors (Lipinski definition) is 5. The molecule has 1 saturated heterocycles. The predicted molar refractivity (Wildman–Crippen MR) is 185 cm³/mol. The molecule has 10 nitrogen and oxygen atoms in total. The average molecular weight is 653 g/mol. The third-order valence-corrected chi connectivity index (χ3v) is 9.01. The van der Waals surface area contributed by atoms with E-state index in [2.05, 4.69) is 21.3 Å². The molecule has 2 aromatic rings. The molecule has 3 rings (SSSR count). The third-order valence-electron chi connectivity index (χ3n) is 7.96. The summed E-state index contributed by atoms with van der Waals surface area (Å²) in [7, 11) is 1.86. The molecule has 0 spiro atoms. The van der Waals surface area contributed by atoms with E-state index in [1.54, 1.807) is 0 Å². The zero-order valence-electron chi connectivity index (χ0n) is 27.5. The van der Waals surface area contributed by atoms with Gasteiger partial charge in [0.2, 0.25) is 23.6 Å². The smallest absolute Gasteiger partial charge is 0.245 e. The summed E-state index contributed by atoms with van der Waals surface area (Å²) < 4.78 is 0. The van der Waals surface area contributed by atoms with Crippen molar-refractivity contribution in [3.63, 3.8) is 0 Å². The summed E-state index contributed by atoms with van der Waals surface area (Å²) in [5.74, 6) is 0.559. The van der Waals surface area contributed by atoms with E-state index in [1.807, 2.05) is 98.2 Å². The Morgan fingerprint density at radius 3 is 2.00 bits per heavy atom. The van der Waals surface area contributed by atoms with E-state index in [-0.39, 0.29) is 18.2 Å². The van der Waals surface area contributed by atoms with Crippen LogP contribution in [-0.2, 0) is 32.0 Å². The van der Waals surface area contributed by atoms with Gasteiger partial charge < -0.3 is 31.9 Å². The van der Waals surface area contributed by atoms with E-state index >= 15 is 0 Å². The Labute approximate surface area is 278 Å². The van der Waals surface area contributed by atoms with E-state index in [9.17, 15) is 19.2 Å². The summed E-state index contributed by atoms with van der Waals surface area (Å²) in [6, 6.07) is 15.5. The largest absolute Gasteiger partial charge is 0.343 e. The highest BCUT2D eigenvalue weighted by Gasteiger charge is 2.32. The molecule has 0 radical (unpaired) electrons. The molecule has 11 heteroatoms. The van der Waals surface area contributed by atoms with Crippen molar-refractivity contribution < 1.29 is 19.2 Å². The van der Waals surface area contributed by atoms with Gasteiger partial charge in [0.05, 0.1) is 6.04 Å². The number of nitrogens with two attached hydrogens (primary N) is 1. The van der Waals surface area contributed by atoms with Crippen molar-refractivity contribution >= 4 is 35.4 Å². The Balaban J connectivity index is 1.76. The van der Waals surface area contributed by atoms with Crippen molar-refractivity contribution in [1.82, 2.24) is 26.2 Å². The number of hydrogen-bond acceptors (Lipinski definition) is 7. The van der Waals surface area contributed by atoms with Crippen LogP contribution >= 0.6 is 11.8 Å². The first kappa shape index (κ1) is 37.1. The van der Waals surface area contributed by atoms with Crippen molar-refractivity contribution in [3.05, 3.63) is 71.8 Å². The number of amides is 4. The number of rotatable bonds is 17. The lowest BCUT2D eigenvalue weighted by molar-refractivity contribution is -0.138. The van der Waals surface area contributed by atoms with Crippen molar-refractivity contribution in [2.24, 2.45) is 11.7 Å². The molecule has 0 aromatic heterocycles. The second kappa shape index (κ2) is 20.0. The van der Waals surface area contributed by atoms with Gasteiger partial charge >= 0.3 is 0 Å². The van der Waals surface area contributed by atoms with Gasteiger partial charge in [-0.25, -0.2) is 0 Å². The summed E-state index contributed by atoms with van der Waals surface area (Å²) in [6.45, 7) is 5.99. The van der Waals surface area contributed by atoms with Gasteiger partial charge in [-0.2, -0.15) is 11.8 Å². The van der Waals surface area contributed by atoms with Crippen LogP contribution in [0.25, 0.3) is 0 Å². The molecule has 1 heterocycles. The normalized spacial score (nSPS) is 16.1. The first-order valence-corrected chi connectivity index (χ1v) is 17.6. The van der Waals surface area contributed by atoms with Crippen LogP contribution in [0.4, 0.5) is 0 Å². The molecular formula is C35H52N6O4S. The first-order valence-electron chi connectivity index (χ1n) is 16.4. The molecule has 46 heavy (non-hydrogen) atoms. The number of carbonyl (C=O) groups is 4. The molecule has 1 fully saturated rings. The topological polar surface area (TPSA) is 146 Å². The Kier molecular flexibility index (Phi) is 16.1. The van der Waals surface area contributed by atoms with Crippen LogP contribution in [0.5, 0.6) is 0 Å². The van der Waals surface area contributed by atoms with E-state index in [1.165, 1.54) is 0 Å². The summed E-state index contributed by atoms with van der Waals surface area (Å²) in [4.78, 5) is 56.3. The summed E-state index contributed by atoms with van der Waals surface area (Å²) >= 11 is 1.84. The molecule has 4 atom stereocenters.